The van der Waals surface area contributed by atoms with Gasteiger partial charge in [0.05, 0.1) is 6.10 Å². The van der Waals surface area contributed by atoms with Crippen LogP contribution in [0.15, 0.2) is 31.4 Å². The SMILES string of the molecule is C=C.CCN1CCc2cc(OC(C)C)ccc2C1. The van der Waals surface area contributed by atoms with Gasteiger partial charge in [0.25, 0.3) is 0 Å². The zero-order valence-electron chi connectivity index (χ0n) is 11.9. The highest BCUT2D eigenvalue weighted by atomic mass is 16.5. The molecule has 0 fully saturated rings. The molecule has 0 saturated heterocycles. The Balaban J connectivity index is 0.000000771. The normalized spacial score (nSPS) is 14.7. The Kier molecular flexibility index (Phi) is 5.93. The number of fused-ring (bicyclic) bond motifs is 1. The first-order chi connectivity index (χ1) is 8.69. The Hall–Kier alpha value is -1.28. The minimum Gasteiger partial charge on any atom is -0.491 e. The van der Waals surface area contributed by atoms with Gasteiger partial charge in [0, 0.05) is 13.1 Å². The Labute approximate surface area is 111 Å². The van der Waals surface area contributed by atoms with Crippen molar-refractivity contribution < 1.29 is 4.74 Å². The standard InChI is InChI=1S/C14H21NO.C2H4/c1-4-15-8-7-12-9-14(16-11(2)3)6-5-13(12)10-15;1-2/h5-6,9,11H,4,7-8,10H2,1-3H3;1-2H2. The van der Waals surface area contributed by atoms with Crippen molar-refractivity contribution in [2.75, 3.05) is 13.1 Å². The molecule has 0 atom stereocenters. The Morgan fingerprint density at radius 2 is 2.00 bits per heavy atom. The van der Waals surface area contributed by atoms with E-state index in [2.05, 4.69) is 57.0 Å². The zero-order valence-corrected chi connectivity index (χ0v) is 11.9. The summed E-state index contributed by atoms with van der Waals surface area (Å²) in [6, 6.07) is 6.52. The topological polar surface area (TPSA) is 12.5 Å². The van der Waals surface area contributed by atoms with Crippen molar-refractivity contribution in [3.63, 3.8) is 0 Å². The summed E-state index contributed by atoms with van der Waals surface area (Å²) in [7, 11) is 0. The molecule has 1 aromatic carbocycles. The Bertz CT molecular complexity index is 373. The minimum absolute atomic E-state index is 0.258. The molecule has 1 aliphatic heterocycles. The summed E-state index contributed by atoms with van der Waals surface area (Å²) in [4.78, 5) is 2.48. The quantitative estimate of drug-likeness (QED) is 0.756. The van der Waals surface area contributed by atoms with E-state index >= 15 is 0 Å². The van der Waals surface area contributed by atoms with E-state index in [1.807, 2.05) is 0 Å². The fourth-order valence-electron chi connectivity index (χ4n) is 2.20. The number of hydrogen-bond acceptors (Lipinski definition) is 2. The van der Waals surface area contributed by atoms with Crippen molar-refractivity contribution in [3.8, 4) is 5.75 Å². The van der Waals surface area contributed by atoms with Crippen LogP contribution in [0.5, 0.6) is 5.75 Å². The minimum atomic E-state index is 0.258. The largest absolute Gasteiger partial charge is 0.491 e. The highest BCUT2D eigenvalue weighted by molar-refractivity contribution is 5.37. The third-order valence-electron chi connectivity index (χ3n) is 3.09. The first-order valence-corrected chi connectivity index (χ1v) is 6.70. The van der Waals surface area contributed by atoms with Gasteiger partial charge in [-0.25, -0.2) is 0 Å². The molecule has 1 aromatic rings. The number of rotatable bonds is 3. The van der Waals surface area contributed by atoms with Gasteiger partial charge in [0.15, 0.2) is 0 Å². The predicted octanol–water partition coefficient (Wildman–Crippen LogP) is 3.65. The summed E-state index contributed by atoms with van der Waals surface area (Å²) in [5, 5.41) is 0. The van der Waals surface area contributed by atoms with Crippen LogP contribution in [0.3, 0.4) is 0 Å². The molecule has 0 spiro atoms. The maximum absolute atomic E-state index is 5.72. The maximum Gasteiger partial charge on any atom is 0.119 e. The van der Waals surface area contributed by atoms with Crippen LogP contribution in [-0.2, 0) is 13.0 Å². The van der Waals surface area contributed by atoms with Gasteiger partial charge in [-0.3, -0.25) is 4.90 Å². The van der Waals surface area contributed by atoms with Crippen molar-refractivity contribution in [2.45, 2.75) is 39.8 Å². The van der Waals surface area contributed by atoms with E-state index in [1.54, 1.807) is 0 Å². The summed E-state index contributed by atoms with van der Waals surface area (Å²) >= 11 is 0. The number of nitrogens with zero attached hydrogens (tertiary/aromatic N) is 1. The van der Waals surface area contributed by atoms with Gasteiger partial charge in [-0.2, -0.15) is 0 Å². The zero-order chi connectivity index (χ0) is 13.5. The predicted molar refractivity (Wildman–Crippen MR) is 78.1 cm³/mol. The number of benzene rings is 1. The number of ether oxygens (including phenoxy) is 1. The highest BCUT2D eigenvalue weighted by Gasteiger charge is 2.15. The summed E-state index contributed by atoms with van der Waals surface area (Å²) in [5.74, 6) is 1.01. The molecule has 0 N–H and O–H groups in total. The van der Waals surface area contributed by atoms with Crippen LogP contribution in [0.4, 0.5) is 0 Å². The second-order valence-electron chi connectivity index (χ2n) is 4.72. The van der Waals surface area contributed by atoms with Crippen molar-refractivity contribution >= 4 is 0 Å². The van der Waals surface area contributed by atoms with Crippen LogP contribution >= 0.6 is 0 Å². The van der Waals surface area contributed by atoms with Crippen LogP contribution in [0, 0.1) is 0 Å². The second kappa shape index (κ2) is 7.22. The van der Waals surface area contributed by atoms with E-state index in [1.165, 1.54) is 17.7 Å². The average molecular weight is 247 g/mol. The molecule has 0 bridgehead atoms. The van der Waals surface area contributed by atoms with Gasteiger partial charge in [0.1, 0.15) is 5.75 Å². The molecule has 0 aliphatic carbocycles. The lowest BCUT2D eigenvalue weighted by Crippen LogP contribution is -2.30. The molecule has 0 unspecified atom stereocenters. The van der Waals surface area contributed by atoms with Crippen molar-refractivity contribution in [1.29, 1.82) is 0 Å². The second-order valence-corrected chi connectivity index (χ2v) is 4.72. The van der Waals surface area contributed by atoms with E-state index in [0.29, 0.717) is 0 Å². The third-order valence-corrected chi connectivity index (χ3v) is 3.09. The van der Waals surface area contributed by atoms with Crippen molar-refractivity contribution in [2.24, 2.45) is 0 Å². The van der Waals surface area contributed by atoms with Crippen LogP contribution in [0.25, 0.3) is 0 Å². The van der Waals surface area contributed by atoms with Gasteiger partial charge in [-0.15, -0.1) is 13.2 Å². The first-order valence-electron chi connectivity index (χ1n) is 6.70. The van der Waals surface area contributed by atoms with E-state index in [9.17, 15) is 0 Å². The average Bonchev–Trinajstić information content (AvgIpc) is 2.39. The Morgan fingerprint density at radius 1 is 1.28 bits per heavy atom. The van der Waals surface area contributed by atoms with Gasteiger partial charge in [-0.05, 0) is 50.1 Å². The van der Waals surface area contributed by atoms with Gasteiger partial charge in [-0.1, -0.05) is 13.0 Å². The van der Waals surface area contributed by atoms with Gasteiger partial charge < -0.3 is 4.74 Å². The molecule has 0 saturated carbocycles. The molecule has 2 rings (SSSR count). The molecule has 2 heteroatoms. The van der Waals surface area contributed by atoms with E-state index in [0.717, 1.165) is 25.3 Å². The molecule has 1 heterocycles. The van der Waals surface area contributed by atoms with Gasteiger partial charge >= 0.3 is 0 Å². The number of hydrogen-bond donors (Lipinski definition) is 0. The fraction of sp³-hybridized carbons (Fsp3) is 0.500. The molecule has 18 heavy (non-hydrogen) atoms. The first kappa shape index (κ1) is 14.8. The molecular weight excluding hydrogens is 222 g/mol. The van der Waals surface area contributed by atoms with Gasteiger partial charge in [0.2, 0.25) is 0 Å². The Morgan fingerprint density at radius 3 is 2.61 bits per heavy atom. The summed E-state index contributed by atoms with van der Waals surface area (Å²) < 4.78 is 5.72. The molecule has 100 valence electrons. The van der Waals surface area contributed by atoms with Crippen LogP contribution in [0.1, 0.15) is 31.9 Å². The molecule has 0 amide bonds. The van der Waals surface area contributed by atoms with Crippen LogP contribution < -0.4 is 4.74 Å². The van der Waals surface area contributed by atoms with Crippen molar-refractivity contribution in [1.82, 2.24) is 4.90 Å². The third kappa shape index (κ3) is 3.88. The summed E-state index contributed by atoms with van der Waals surface area (Å²) in [6.45, 7) is 15.8. The number of likely N-dealkylation sites (N-methyl/N-ethyl adjacent to an activating group) is 1. The molecule has 0 radical (unpaired) electrons. The lowest BCUT2D eigenvalue weighted by atomic mass is 9.99. The maximum atomic E-state index is 5.72. The van der Waals surface area contributed by atoms with Crippen LogP contribution in [-0.4, -0.2) is 24.1 Å². The lowest BCUT2D eigenvalue weighted by molar-refractivity contribution is 0.240. The molecular formula is C16H25NO. The van der Waals surface area contributed by atoms with Crippen molar-refractivity contribution in [3.05, 3.63) is 42.5 Å². The molecule has 1 aliphatic rings. The summed E-state index contributed by atoms with van der Waals surface area (Å²) in [5.41, 5.74) is 2.92. The molecule has 0 aromatic heterocycles. The smallest absolute Gasteiger partial charge is 0.119 e. The van der Waals surface area contributed by atoms with E-state index in [-0.39, 0.29) is 6.10 Å². The lowest BCUT2D eigenvalue weighted by Gasteiger charge is -2.27. The fourth-order valence-corrected chi connectivity index (χ4v) is 2.20. The summed E-state index contributed by atoms with van der Waals surface area (Å²) in [6.07, 6.45) is 1.41. The monoisotopic (exact) mass is 247 g/mol. The van der Waals surface area contributed by atoms with Crippen LogP contribution in [0.2, 0.25) is 0 Å². The van der Waals surface area contributed by atoms with E-state index in [4.69, 9.17) is 4.74 Å². The highest BCUT2D eigenvalue weighted by Crippen LogP contribution is 2.24. The molecule has 2 nitrogen and oxygen atoms in total. The van der Waals surface area contributed by atoms with E-state index < -0.39 is 0 Å².